The Bertz CT molecular complexity index is 852. The molecule has 5 nitrogen and oxygen atoms in total. The quantitative estimate of drug-likeness (QED) is 0.729. The molecule has 2 aromatic heterocycles. The Balaban J connectivity index is 1.38. The van der Waals surface area contributed by atoms with E-state index in [2.05, 4.69) is 38.8 Å². The molecule has 132 valence electrons. The topological polar surface area (TPSA) is 41.4 Å². The third kappa shape index (κ3) is 3.53. The predicted molar refractivity (Wildman–Crippen MR) is 101 cm³/mol. The van der Waals surface area contributed by atoms with E-state index >= 15 is 0 Å². The van der Waals surface area contributed by atoms with Crippen molar-refractivity contribution in [3.63, 3.8) is 0 Å². The number of piperazine rings is 1. The van der Waals surface area contributed by atoms with Gasteiger partial charge in [0.25, 0.3) is 5.91 Å². The number of hydrogen-bond acceptors (Lipinski definition) is 3. The standard InChI is InChI=1S/C21H22N4O/c26-21(18-6-2-1-3-7-18)24-14-12-23(13-15-24)17-20-9-5-11-25(20)19-8-4-10-22-16-19/h1-11,16H,12-15,17H2. The summed E-state index contributed by atoms with van der Waals surface area (Å²) < 4.78 is 2.18. The van der Waals surface area contributed by atoms with Crippen LogP contribution in [0.5, 0.6) is 0 Å². The molecule has 1 aliphatic heterocycles. The number of hydrogen-bond donors (Lipinski definition) is 0. The van der Waals surface area contributed by atoms with Gasteiger partial charge in [0, 0.05) is 56.4 Å². The van der Waals surface area contributed by atoms with E-state index in [1.165, 1.54) is 5.69 Å². The zero-order valence-corrected chi connectivity index (χ0v) is 14.7. The molecule has 0 aliphatic carbocycles. The van der Waals surface area contributed by atoms with Crippen LogP contribution in [0.4, 0.5) is 0 Å². The van der Waals surface area contributed by atoms with Crippen LogP contribution in [0.1, 0.15) is 16.1 Å². The third-order valence-corrected chi connectivity index (χ3v) is 4.82. The van der Waals surface area contributed by atoms with Gasteiger partial charge in [0.15, 0.2) is 0 Å². The average Bonchev–Trinajstić information content (AvgIpc) is 3.17. The molecule has 0 radical (unpaired) electrons. The van der Waals surface area contributed by atoms with Crippen molar-refractivity contribution in [2.75, 3.05) is 26.2 Å². The maximum Gasteiger partial charge on any atom is 0.253 e. The fourth-order valence-electron chi connectivity index (χ4n) is 3.39. The Kier molecular flexibility index (Phi) is 4.80. The van der Waals surface area contributed by atoms with Crippen LogP contribution in [0.3, 0.4) is 0 Å². The van der Waals surface area contributed by atoms with Crippen LogP contribution in [0.25, 0.3) is 5.69 Å². The summed E-state index contributed by atoms with van der Waals surface area (Å²) in [6, 6.07) is 17.8. The van der Waals surface area contributed by atoms with Crippen molar-refractivity contribution in [2.45, 2.75) is 6.54 Å². The summed E-state index contributed by atoms with van der Waals surface area (Å²) in [6.45, 7) is 4.17. The van der Waals surface area contributed by atoms with E-state index in [0.717, 1.165) is 44.0 Å². The van der Waals surface area contributed by atoms with Crippen LogP contribution >= 0.6 is 0 Å². The Morgan fingerprint density at radius 2 is 1.73 bits per heavy atom. The Morgan fingerprint density at radius 3 is 2.46 bits per heavy atom. The molecule has 3 aromatic rings. The van der Waals surface area contributed by atoms with Crippen molar-refractivity contribution in [2.24, 2.45) is 0 Å². The molecule has 5 heteroatoms. The lowest BCUT2D eigenvalue weighted by Crippen LogP contribution is -2.48. The van der Waals surface area contributed by atoms with Gasteiger partial charge in [-0.1, -0.05) is 18.2 Å². The van der Waals surface area contributed by atoms with Crippen LogP contribution in [0, 0.1) is 0 Å². The van der Waals surface area contributed by atoms with Crippen LogP contribution < -0.4 is 0 Å². The Hall–Kier alpha value is -2.92. The van der Waals surface area contributed by atoms with Crippen molar-refractivity contribution >= 4 is 5.91 Å². The lowest BCUT2D eigenvalue weighted by Gasteiger charge is -2.35. The van der Waals surface area contributed by atoms with Gasteiger partial charge in [-0.3, -0.25) is 14.7 Å². The number of nitrogens with zero attached hydrogens (tertiary/aromatic N) is 4. The third-order valence-electron chi connectivity index (χ3n) is 4.82. The van der Waals surface area contributed by atoms with E-state index < -0.39 is 0 Å². The second kappa shape index (κ2) is 7.54. The van der Waals surface area contributed by atoms with Crippen LogP contribution in [-0.2, 0) is 6.54 Å². The normalized spacial score (nSPS) is 15.2. The van der Waals surface area contributed by atoms with Crippen LogP contribution in [0.2, 0.25) is 0 Å². The van der Waals surface area contributed by atoms with Crippen LogP contribution in [0.15, 0.2) is 73.2 Å². The van der Waals surface area contributed by atoms with Crippen molar-refractivity contribution < 1.29 is 4.79 Å². The molecule has 0 bridgehead atoms. The highest BCUT2D eigenvalue weighted by molar-refractivity contribution is 5.94. The minimum atomic E-state index is 0.129. The fourth-order valence-corrected chi connectivity index (χ4v) is 3.39. The number of pyridine rings is 1. The molecular weight excluding hydrogens is 324 g/mol. The molecule has 3 heterocycles. The maximum absolute atomic E-state index is 12.6. The van der Waals surface area contributed by atoms with E-state index in [-0.39, 0.29) is 5.91 Å². The first-order valence-electron chi connectivity index (χ1n) is 8.94. The van der Waals surface area contributed by atoms with Crippen molar-refractivity contribution in [3.05, 3.63) is 84.4 Å². The van der Waals surface area contributed by atoms with Crippen molar-refractivity contribution in [3.8, 4) is 5.69 Å². The molecule has 0 N–H and O–H groups in total. The molecule has 1 saturated heterocycles. The SMILES string of the molecule is O=C(c1ccccc1)N1CCN(Cc2cccn2-c2cccnc2)CC1. The molecule has 0 saturated carbocycles. The number of rotatable bonds is 4. The summed E-state index contributed by atoms with van der Waals surface area (Å²) in [5.74, 6) is 0.129. The molecule has 0 unspecified atom stereocenters. The Morgan fingerprint density at radius 1 is 0.923 bits per heavy atom. The number of aromatic nitrogens is 2. The highest BCUT2D eigenvalue weighted by Crippen LogP contribution is 2.15. The molecule has 1 fully saturated rings. The van der Waals surface area contributed by atoms with Gasteiger partial charge in [-0.25, -0.2) is 0 Å². The first kappa shape index (κ1) is 16.5. The second-order valence-electron chi connectivity index (χ2n) is 6.52. The van der Waals surface area contributed by atoms with Gasteiger partial charge >= 0.3 is 0 Å². The molecule has 0 atom stereocenters. The molecule has 26 heavy (non-hydrogen) atoms. The minimum Gasteiger partial charge on any atom is -0.336 e. The zero-order valence-electron chi connectivity index (χ0n) is 14.7. The number of carbonyl (C=O) groups is 1. The van der Waals surface area contributed by atoms with Crippen molar-refractivity contribution in [1.29, 1.82) is 0 Å². The summed E-state index contributed by atoms with van der Waals surface area (Å²) in [7, 11) is 0. The molecule has 4 rings (SSSR count). The van der Waals surface area contributed by atoms with Crippen LogP contribution in [-0.4, -0.2) is 51.4 Å². The number of benzene rings is 1. The molecule has 1 aliphatic rings. The summed E-state index contributed by atoms with van der Waals surface area (Å²) in [6.07, 6.45) is 5.73. The second-order valence-corrected chi connectivity index (χ2v) is 6.52. The highest BCUT2D eigenvalue weighted by atomic mass is 16.2. The first-order valence-corrected chi connectivity index (χ1v) is 8.94. The van der Waals surface area contributed by atoms with Gasteiger partial charge in [-0.2, -0.15) is 0 Å². The van der Waals surface area contributed by atoms with E-state index in [1.807, 2.05) is 47.5 Å². The number of amides is 1. The summed E-state index contributed by atoms with van der Waals surface area (Å²) in [5.41, 5.74) is 3.08. The highest BCUT2D eigenvalue weighted by Gasteiger charge is 2.22. The van der Waals surface area contributed by atoms with Gasteiger partial charge in [-0.15, -0.1) is 0 Å². The smallest absolute Gasteiger partial charge is 0.253 e. The zero-order chi connectivity index (χ0) is 17.8. The van der Waals surface area contributed by atoms with Crippen molar-refractivity contribution in [1.82, 2.24) is 19.4 Å². The monoisotopic (exact) mass is 346 g/mol. The lowest BCUT2D eigenvalue weighted by atomic mass is 10.2. The van der Waals surface area contributed by atoms with Gasteiger partial charge < -0.3 is 9.47 Å². The molecular formula is C21H22N4O. The fraction of sp³-hybridized carbons (Fsp3) is 0.238. The predicted octanol–water partition coefficient (Wildman–Crippen LogP) is 2.83. The Labute approximate surface area is 153 Å². The average molecular weight is 346 g/mol. The van der Waals surface area contributed by atoms with Gasteiger partial charge in [0.2, 0.25) is 0 Å². The van der Waals surface area contributed by atoms with Gasteiger partial charge in [-0.05, 0) is 36.4 Å². The van der Waals surface area contributed by atoms with E-state index in [0.29, 0.717) is 0 Å². The number of carbonyl (C=O) groups excluding carboxylic acids is 1. The first-order chi connectivity index (χ1) is 12.8. The van der Waals surface area contributed by atoms with E-state index in [9.17, 15) is 4.79 Å². The summed E-state index contributed by atoms with van der Waals surface area (Å²) in [5, 5.41) is 0. The maximum atomic E-state index is 12.6. The van der Waals surface area contributed by atoms with E-state index in [1.54, 1.807) is 6.20 Å². The van der Waals surface area contributed by atoms with Gasteiger partial charge in [0.05, 0.1) is 11.9 Å². The molecule has 1 aromatic carbocycles. The lowest BCUT2D eigenvalue weighted by molar-refractivity contribution is 0.0626. The summed E-state index contributed by atoms with van der Waals surface area (Å²) >= 11 is 0. The minimum absolute atomic E-state index is 0.129. The van der Waals surface area contributed by atoms with Gasteiger partial charge in [0.1, 0.15) is 0 Å². The summed E-state index contributed by atoms with van der Waals surface area (Å²) in [4.78, 5) is 21.1. The largest absolute Gasteiger partial charge is 0.336 e. The van der Waals surface area contributed by atoms with E-state index in [4.69, 9.17) is 0 Å². The molecule has 1 amide bonds. The molecule has 0 spiro atoms.